The number of carboxylic acid groups (broad SMARTS) is 1. The minimum atomic E-state index is -0.870. The van der Waals surface area contributed by atoms with Gasteiger partial charge in [-0.05, 0) is 33.7 Å². The lowest BCUT2D eigenvalue weighted by Gasteiger charge is -2.18. The highest BCUT2D eigenvalue weighted by Crippen LogP contribution is 2.05. The Morgan fingerprint density at radius 2 is 2.08 bits per heavy atom. The van der Waals surface area contributed by atoms with Crippen LogP contribution in [-0.2, 0) is 4.79 Å². The molecule has 1 atom stereocenters. The third kappa shape index (κ3) is 6.12. The van der Waals surface area contributed by atoms with Crippen LogP contribution in [0.15, 0.2) is 0 Å². The largest absolute Gasteiger partial charge is 0.480 e. The van der Waals surface area contributed by atoms with E-state index in [0.717, 1.165) is 0 Å². The van der Waals surface area contributed by atoms with Crippen LogP contribution in [0.25, 0.3) is 0 Å². The second kappa shape index (κ2) is 4.42. The average molecular weight is 175 g/mol. The molecule has 0 unspecified atom stereocenters. The molecule has 0 aliphatic heterocycles. The zero-order chi connectivity index (χ0) is 9.78. The minimum Gasteiger partial charge on any atom is -0.480 e. The summed E-state index contributed by atoms with van der Waals surface area (Å²) >= 11 is 0. The van der Waals surface area contributed by atoms with E-state index in [2.05, 4.69) is 5.32 Å². The van der Waals surface area contributed by atoms with Crippen molar-refractivity contribution < 1.29 is 15.0 Å². The number of carbonyl (C=O) groups is 1. The van der Waals surface area contributed by atoms with Gasteiger partial charge in [-0.1, -0.05) is 0 Å². The molecule has 0 bridgehead atoms. The van der Waals surface area contributed by atoms with Gasteiger partial charge in [0, 0.05) is 0 Å². The van der Waals surface area contributed by atoms with Gasteiger partial charge >= 0.3 is 5.97 Å². The normalized spacial score (nSPS) is 14.3. The van der Waals surface area contributed by atoms with Crippen molar-refractivity contribution in [3.8, 4) is 0 Å². The predicted molar refractivity (Wildman–Crippen MR) is 46.0 cm³/mol. The van der Waals surface area contributed by atoms with E-state index in [4.69, 9.17) is 5.11 Å². The molecule has 0 fully saturated rings. The molecule has 0 amide bonds. The number of hydrogen-bond acceptors (Lipinski definition) is 3. The summed E-state index contributed by atoms with van der Waals surface area (Å²) in [6, 6.07) is -0.549. The van der Waals surface area contributed by atoms with E-state index in [0.29, 0.717) is 13.0 Å². The first-order valence-corrected chi connectivity index (χ1v) is 4.01. The van der Waals surface area contributed by atoms with Crippen molar-refractivity contribution in [1.29, 1.82) is 0 Å². The van der Waals surface area contributed by atoms with Crippen LogP contribution in [0.4, 0.5) is 0 Å². The highest BCUT2D eigenvalue weighted by molar-refractivity contribution is 5.72. The standard InChI is InChI=1S/C8H17NO3/c1-6(7(10)11)9-5-4-8(2,3)12/h6,9,12H,4-5H2,1-3H3,(H,10,11)/t6-/m0/s1. The third-order valence-electron chi connectivity index (χ3n) is 1.56. The maximum absolute atomic E-state index is 10.3. The van der Waals surface area contributed by atoms with E-state index in [1.54, 1.807) is 20.8 Å². The smallest absolute Gasteiger partial charge is 0.320 e. The molecule has 0 aliphatic rings. The number of rotatable bonds is 5. The second-order valence-corrected chi connectivity index (χ2v) is 3.58. The minimum absolute atomic E-state index is 0.511. The van der Waals surface area contributed by atoms with E-state index in [1.807, 2.05) is 0 Å². The lowest BCUT2D eigenvalue weighted by Crippen LogP contribution is -2.37. The van der Waals surface area contributed by atoms with Gasteiger partial charge < -0.3 is 15.5 Å². The van der Waals surface area contributed by atoms with Crippen molar-refractivity contribution in [2.45, 2.75) is 38.8 Å². The van der Waals surface area contributed by atoms with Gasteiger partial charge in [-0.2, -0.15) is 0 Å². The molecular formula is C8H17NO3. The Balaban J connectivity index is 3.51. The SMILES string of the molecule is C[C@H](NCCC(C)(C)O)C(=O)O. The van der Waals surface area contributed by atoms with Gasteiger partial charge in [-0.25, -0.2) is 0 Å². The Morgan fingerprint density at radius 1 is 1.58 bits per heavy atom. The lowest BCUT2D eigenvalue weighted by atomic mass is 10.1. The van der Waals surface area contributed by atoms with Gasteiger partial charge in [0.15, 0.2) is 0 Å². The molecule has 0 aromatic carbocycles. The molecule has 0 aliphatic carbocycles. The van der Waals surface area contributed by atoms with Crippen LogP contribution in [0, 0.1) is 0 Å². The Morgan fingerprint density at radius 3 is 2.42 bits per heavy atom. The lowest BCUT2D eigenvalue weighted by molar-refractivity contribution is -0.139. The molecule has 0 saturated heterocycles. The highest BCUT2D eigenvalue weighted by Gasteiger charge is 2.14. The summed E-state index contributed by atoms with van der Waals surface area (Å²) in [5.41, 5.74) is -0.731. The number of nitrogens with one attached hydrogen (secondary N) is 1. The Bertz CT molecular complexity index is 151. The summed E-state index contributed by atoms with van der Waals surface area (Å²) < 4.78 is 0. The van der Waals surface area contributed by atoms with Crippen molar-refractivity contribution in [3.05, 3.63) is 0 Å². The topological polar surface area (TPSA) is 69.6 Å². The van der Waals surface area contributed by atoms with Gasteiger partial charge in [-0.15, -0.1) is 0 Å². The van der Waals surface area contributed by atoms with Crippen LogP contribution in [0.5, 0.6) is 0 Å². The van der Waals surface area contributed by atoms with Gasteiger partial charge in [0.25, 0.3) is 0 Å². The van der Waals surface area contributed by atoms with Crippen molar-refractivity contribution in [2.75, 3.05) is 6.54 Å². The van der Waals surface area contributed by atoms with Crippen molar-refractivity contribution in [1.82, 2.24) is 5.32 Å². The number of carboxylic acids is 1. The Kier molecular flexibility index (Phi) is 4.20. The summed E-state index contributed by atoms with van der Waals surface area (Å²) in [4.78, 5) is 10.3. The van der Waals surface area contributed by atoms with Crippen LogP contribution >= 0.6 is 0 Å². The second-order valence-electron chi connectivity index (χ2n) is 3.58. The monoisotopic (exact) mass is 175 g/mol. The van der Waals surface area contributed by atoms with E-state index in [-0.39, 0.29) is 0 Å². The van der Waals surface area contributed by atoms with Gasteiger partial charge in [0.2, 0.25) is 0 Å². The number of hydrogen-bond donors (Lipinski definition) is 3. The summed E-state index contributed by atoms with van der Waals surface area (Å²) in [7, 11) is 0. The quantitative estimate of drug-likeness (QED) is 0.558. The van der Waals surface area contributed by atoms with Crippen molar-refractivity contribution in [2.24, 2.45) is 0 Å². The van der Waals surface area contributed by atoms with E-state index in [1.165, 1.54) is 0 Å². The molecular weight excluding hydrogens is 158 g/mol. The van der Waals surface area contributed by atoms with Gasteiger partial charge in [0.1, 0.15) is 6.04 Å². The van der Waals surface area contributed by atoms with Crippen molar-refractivity contribution >= 4 is 5.97 Å². The molecule has 4 heteroatoms. The first-order chi connectivity index (χ1) is 5.33. The highest BCUT2D eigenvalue weighted by atomic mass is 16.4. The van der Waals surface area contributed by atoms with Crippen LogP contribution in [0.2, 0.25) is 0 Å². The Hall–Kier alpha value is -0.610. The fraction of sp³-hybridized carbons (Fsp3) is 0.875. The van der Waals surface area contributed by atoms with Crippen molar-refractivity contribution in [3.63, 3.8) is 0 Å². The summed E-state index contributed by atoms with van der Waals surface area (Å²) in [5.74, 6) is -0.870. The fourth-order valence-electron chi connectivity index (χ4n) is 0.682. The zero-order valence-electron chi connectivity index (χ0n) is 7.79. The molecule has 3 N–H and O–H groups in total. The molecule has 0 aromatic rings. The van der Waals surface area contributed by atoms with E-state index >= 15 is 0 Å². The van der Waals surface area contributed by atoms with Gasteiger partial charge in [0.05, 0.1) is 5.60 Å². The van der Waals surface area contributed by atoms with Crippen LogP contribution in [0.1, 0.15) is 27.2 Å². The van der Waals surface area contributed by atoms with Gasteiger partial charge in [-0.3, -0.25) is 4.79 Å². The molecule has 0 rings (SSSR count). The zero-order valence-corrected chi connectivity index (χ0v) is 7.79. The molecule has 0 heterocycles. The first-order valence-electron chi connectivity index (χ1n) is 4.01. The average Bonchev–Trinajstić information content (AvgIpc) is 1.84. The molecule has 0 aromatic heterocycles. The first kappa shape index (κ1) is 11.4. The molecule has 72 valence electrons. The van der Waals surface area contributed by atoms with Crippen LogP contribution in [0.3, 0.4) is 0 Å². The third-order valence-corrected chi connectivity index (χ3v) is 1.56. The van der Waals surface area contributed by atoms with Crippen LogP contribution < -0.4 is 5.32 Å². The summed E-state index contributed by atoms with van der Waals surface area (Å²) in [6.07, 6.45) is 0.546. The molecule has 12 heavy (non-hydrogen) atoms. The maximum Gasteiger partial charge on any atom is 0.320 e. The predicted octanol–water partition coefficient (Wildman–Crippen LogP) is 0.210. The molecule has 0 saturated carbocycles. The molecule has 4 nitrogen and oxygen atoms in total. The van der Waals surface area contributed by atoms with Crippen LogP contribution in [-0.4, -0.2) is 34.4 Å². The molecule has 0 radical (unpaired) electrons. The van der Waals surface area contributed by atoms with E-state index in [9.17, 15) is 9.90 Å². The Labute approximate surface area is 72.6 Å². The van der Waals surface area contributed by atoms with E-state index < -0.39 is 17.6 Å². The summed E-state index contributed by atoms with van der Waals surface area (Å²) in [6.45, 7) is 5.48. The fourth-order valence-corrected chi connectivity index (χ4v) is 0.682. The number of aliphatic hydroxyl groups is 1. The molecule has 0 spiro atoms. The number of aliphatic carboxylic acids is 1. The maximum atomic E-state index is 10.3. The summed E-state index contributed by atoms with van der Waals surface area (Å²) in [5, 5.41) is 20.5.